The number of rotatable bonds is 1. The van der Waals surface area contributed by atoms with Gasteiger partial charge in [0.2, 0.25) is 0 Å². The third-order valence-electron chi connectivity index (χ3n) is 2.23. The lowest BCUT2D eigenvalue weighted by molar-refractivity contribution is -0.114. The van der Waals surface area contributed by atoms with Gasteiger partial charge in [-0.15, -0.1) is 0 Å². The highest BCUT2D eigenvalue weighted by molar-refractivity contribution is 9.10. The molecule has 1 aliphatic carbocycles. The Hall–Kier alpha value is 0.370. The van der Waals surface area contributed by atoms with Crippen LogP contribution in [0.25, 0.3) is 0 Å². The molecule has 1 nitrogen and oxygen atoms in total. The van der Waals surface area contributed by atoms with Gasteiger partial charge in [0.15, 0.2) is 5.78 Å². The van der Waals surface area contributed by atoms with Crippen LogP contribution in [0, 0.1) is 5.92 Å². The molecule has 11 heavy (non-hydrogen) atoms. The standard InChI is InChI=1S/C8H10Br2O/c1-4-6(3-9)5(2)8(11)7(4)10/h4,7H,3H2,1-2H3/t4-,7+/m0/s1. The maximum absolute atomic E-state index is 11.4. The van der Waals surface area contributed by atoms with Crippen LogP contribution in [0.4, 0.5) is 0 Å². The summed E-state index contributed by atoms with van der Waals surface area (Å²) in [7, 11) is 0. The first-order valence-corrected chi connectivity index (χ1v) is 5.57. The molecule has 0 spiro atoms. The molecule has 0 aromatic rings. The van der Waals surface area contributed by atoms with Gasteiger partial charge in [-0.2, -0.15) is 0 Å². The summed E-state index contributed by atoms with van der Waals surface area (Å²) in [5.74, 6) is 0.592. The second-order valence-corrected chi connectivity index (χ2v) is 4.39. The number of ketones is 1. The lowest BCUT2D eigenvalue weighted by Gasteiger charge is -2.08. The zero-order valence-corrected chi connectivity index (χ0v) is 9.70. The Kier molecular flexibility index (Phi) is 2.92. The molecule has 0 saturated heterocycles. The predicted molar refractivity (Wildman–Crippen MR) is 53.4 cm³/mol. The van der Waals surface area contributed by atoms with Crippen molar-refractivity contribution in [2.45, 2.75) is 18.7 Å². The normalized spacial score (nSPS) is 31.8. The second-order valence-electron chi connectivity index (χ2n) is 2.84. The molecule has 0 N–H and O–H groups in total. The molecule has 0 saturated carbocycles. The Bertz CT molecular complexity index is 220. The van der Waals surface area contributed by atoms with Crippen LogP contribution in [-0.2, 0) is 4.79 Å². The number of carbonyl (C=O) groups excluding carboxylic acids is 1. The summed E-state index contributed by atoms with van der Waals surface area (Å²) in [6, 6.07) is 0. The van der Waals surface area contributed by atoms with Gasteiger partial charge in [-0.25, -0.2) is 0 Å². The van der Waals surface area contributed by atoms with Crippen molar-refractivity contribution in [3.8, 4) is 0 Å². The molecule has 0 fully saturated rings. The fourth-order valence-electron chi connectivity index (χ4n) is 1.33. The Labute approximate surface area is 83.5 Å². The quantitative estimate of drug-likeness (QED) is 0.676. The first-order valence-electron chi connectivity index (χ1n) is 3.53. The summed E-state index contributed by atoms with van der Waals surface area (Å²) >= 11 is 6.76. The Morgan fingerprint density at radius 1 is 1.55 bits per heavy atom. The predicted octanol–water partition coefficient (Wildman–Crippen LogP) is 2.68. The molecule has 0 aromatic carbocycles. The van der Waals surface area contributed by atoms with Crippen LogP contribution in [-0.4, -0.2) is 15.9 Å². The molecule has 62 valence electrons. The van der Waals surface area contributed by atoms with Gasteiger partial charge in [0, 0.05) is 5.33 Å². The summed E-state index contributed by atoms with van der Waals surface area (Å²) < 4.78 is 0. The molecular formula is C8H10Br2O. The zero-order valence-electron chi connectivity index (χ0n) is 6.53. The maximum Gasteiger partial charge on any atom is 0.172 e. The average molecular weight is 282 g/mol. The van der Waals surface area contributed by atoms with E-state index in [0.29, 0.717) is 5.92 Å². The van der Waals surface area contributed by atoms with E-state index in [2.05, 4.69) is 38.8 Å². The molecule has 0 amide bonds. The lowest BCUT2D eigenvalue weighted by Crippen LogP contribution is -2.14. The van der Waals surface area contributed by atoms with Crippen molar-refractivity contribution in [3.05, 3.63) is 11.1 Å². The topological polar surface area (TPSA) is 17.1 Å². The van der Waals surface area contributed by atoms with Crippen molar-refractivity contribution in [3.63, 3.8) is 0 Å². The molecule has 0 radical (unpaired) electrons. The van der Waals surface area contributed by atoms with Gasteiger partial charge >= 0.3 is 0 Å². The SMILES string of the molecule is CC1=C(CBr)[C@H](C)[C@@H](Br)C1=O. The monoisotopic (exact) mass is 280 g/mol. The number of halogens is 2. The molecular weight excluding hydrogens is 272 g/mol. The minimum atomic E-state index is 0.00931. The van der Waals surface area contributed by atoms with Crippen molar-refractivity contribution >= 4 is 37.6 Å². The van der Waals surface area contributed by atoms with E-state index in [1.807, 2.05) is 6.92 Å². The minimum Gasteiger partial charge on any atom is -0.293 e. The zero-order chi connectivity index (χ0) is 8.59. The summed E-state index contributed by atoms with van der Waals surface area (Å²) in [6.07, 6.45) is 0. The lowest BCUT2D eigenvalue weighted by atomic mass is 10.1. The van der Waals surface area contributed by atoms with Gasteiger partial charge in [-0.1, -0.05) is 38.8 Å². The molecule has 0 aliphatic heterocycles. The van der Waals surface area contributed by atoms with E-state index in [-0.39, 0.29) is 10.6 Å². The van der Waals surface area contributed by atoms with Gasteiger partial charge in [-0.3, -0.25) is 4.79 Å². The highest BCUT2D eigenvalue weighted by Gasteiger charge is 2.34. The fourth-order valence-corrected chi connectivity index (χ4v) is 2.93. The number of carbonyl (C=O) groups is 1. The molecule has 0 aromatic heterocycles. The van der Waals surface area contributed by atoms with Gasteiger partial charge in [0.1, 0.15) is 0 Å². The van der Waals surface area contributed by atoms with E-state index >= 15 is 0 Å². The second kappa shape index (κ2) is 3.40. The van der Waals surface area contributed by atoms with Crippen LogP contribution in [0.15, 0.2) is 11.1 Å². The van der Waals surface area contributed by atoms with Crippen LogP contribution in [0.3, 0.4) is 0 Å². The van der Waals surface area contributed by atoms with Gasteiger partial charge < -0.3 is 0 Å². The molecule has 0 unspecified atom stereocenters. The number of alkyl halides is 2. The van der Waals surface area contributed by atoms with E-state index in [0.717, 1.165) is 10.9 Å². The van der Waals surface area contributed by atoms with Crippen LogP contribution in [0.2, 0.25) is 0 Å². The van der Waals surface area contributed by atoms with Crippen molar-refractivity contribution < 1.29 is 4.79 Å². The molecule has 0 bridgehead atoms. The molecule has 1 rings (SSSR count). The first-order chi connectivity index (χ1) is 5.09. The van der Waals surface area contributed by atoms with E-state index in [1.54, 1.807) is 0 Å². The van der Waals surface area contributed by atoms with E-state index in [1.165, 1.54) is 5.57 Å². The van der Waals surface area contributed by atoms with Crippen molar-refractivity contribution in [1.29, 1.82) is 0 Å². The summed E-state index contributed by atoms with van der Waals surface area (Å²) in [4.78, 5) is 11.4. The highest BCUT2D eigenvalue weighted by Crippen LogP contribution is 2.34. The number of hydrogen-bond donors (Lipinski definition) is 0. The first kappa shape index (κ1) is 9.46. The fraction of sp³-hybridized carbons (Fsp3) is 0.625. The van der Waals surface area contributed by atoms with Crippen LogP contribution < -0.4 is 0 Å². The molecule has 2 atom stereocenters. The van der Waals surface area contributed by atoms with Gasteiger partial charge in [0.05, 0.1) is 4.83 Å². The van der Waals surface area contributed by atoms with Crippen molar-refractivity contribution in [2.75, 3.05) is 5.33 Å². The summed E-state index contributed by atoms with van der Waals surface area (Å²) in [5.41, 5.74) is 2.16. The van der Waals surface area contributed by atoms with Gasteiger partial charge in [-0.05, 0) is 24.0 Å². The largest absolute Gasteiger partial charge is 0.293 e. The Morgan fingerprint density at radius 3 is 2.27 bits per heavy atom. The van der Waals surface area contributed by atoms with E-state index < -0.39 is 0 Å². The molecule has 0 heterocycles. The third kappa shape index (κ3) is 1.45. The summed E-state index contributed by atoms with van der Waals surface area (Å²) in [5, 5.41) is 0.813. The number of Topliss-reactive ketones (excluding diaryl/α,β-unsaturated/α-hetero) is 1. The Balaban J connectivity index is 2.98. The van der Waals surface area contributed by atoms with Crippen molar-refractivity contribution in [1.82, 2.24) is 0 Å². The summed E-state index contributed by atoms with van der Waals surface area (Å²) in [6.45, 7) is 3.97. The molecule has 1 aliphatic rings. The molecule has 3 heteroatoms. The van der Waals surface area contributed by atoms with Crippen LogP contribution >= 0.6 is 31.9 Å². The number of hydrogen-bond acceptors (Lipinski definition) is 1. The van der Waals surface area contributed by atoms with Gasteiger partial charge in [0.25, 0.3) is 0 Å². The third-order valence-corrected chi connectivity index (χ3v) is 4.05. The maximum atomic E-state index is 11.4. The minimum absolute atomic E-state index is 0.00931. The van der Waals surface area contributed by atoms with Crippen LogP contribution in [0.5, 0.6) is 0 Å². The van der Waals surface area contributed by atoms with Crippen molar-refractivity contribution in [2.24, 2.45) is 5.92 Å². The average Bonchev–Trinajstić information content (AvgIpc) is 2.17. The highest BCUT2D eigenvalue weighted by atomic mass is 79.9. The van der Waals surface area contributed by atoms with Crippen LogP contribution in [0.1, 0.15) is 13.8 Å². The van der Waals surface area contributed by atoms with E-state index in [4.69, 9.17) is 0 Å². The van der Waals surface area contributed by atoms with E-state index in [9.17, 15) is 4.79 Å². The Morgan fingerprint density at radius 2 is 2.09 bits per heavy atom. The number of allylic oxidation sites excluding steroid dienone is 2. The smallest absolute Gasteiger partial charge is 0.172 e.